The summed E-state index contributed by atoms with van der Waals surface area (Å²) in [4.78, 5) is 3.97. The van der Waals surface area contributed by atoms with Gasteiger partial charge in [0.15, 0.2) is 0 Å². The van der Waals surface area contributed by atoms with Crippen molar-refractivity contribution in [3.8, 4) is 0 Å². The minimum absolute atomic E-state index is 0.596. The van der Waals surface area contributed by atoms with Crippen molar-refractivity contribution < 1.29 is 0 Å². The third kappa shape index (κ3) is 1.47. The molecule has 0 N–H and O–H groups in total. The predicted molar refractivity (Wildman–Crippen MR) is 62.7 cm³/mol. The van der Waals surface area contributed by atoms with Crippen LogP contribution in [-0.2, 0) is 6.54 Å². The molecule has 0 saturated heterocycles. The van der Waals surface area contributed by atoms with E-state index in [0.29, 0.717) is 6.04 Å². The maximum absolute atomic E-state index is 2.52. The van der Waals surface area contributed by atoms with Crippen molar-refractivity contribution >= 4 is 11.8 Å². The van der Waals surface area contributed by atoms with Gasteiger partial charge in [0.2, 0.25) is 0 Å². The molecule has 1 aliphatic rings. The molecule has 2 rings (SSSR count). The van der Waals surface area contributed by atoms with Gasteiger partial charge in [-0.15, -0.1) is 11.8 Å². The van der Waals surface area contributed by atoms with Gasteiger partial charge in [0.1, 0.15) is 0 Å². The average molecular weight is 207 g/mol. The van der Waals surface area contributed by atoms with E-state index in [0.717, 1.165) is 13.1 Å². The van der Waals surface area contributed by atoms with E-state index >= 15 is 0 Å². The first-order chi connectivity index (χ1) is 6.77. The van der Waals surface area contributed by atoms with Crippen LogP contribution in [0.15, 0.2) is 23.1 Å². The largest absolute Gasteiger partial charge is 0.293 e. The maximum atomic E-state index is 2.52. The first-order valence-corrected chi connectivity index (χ1v) is 6.40. The van der Waals surface area contributed by atoms with Crippen molar-refractivity contribution in [2.24, 2.45) is 0 Å². The highest BCUT2D eigenvalue weighted by Crippen LogP contribution is 2.38. The third-order valence-electron chi connectivity index (χ3n) is 3.12. The molecule has 1 aliphatic heterocycles. The van der Waals surface area contributed by atoms with E-state index in [1.54, 1.807) is 5.56 Å². The number of benzene rings is 1. The second kappa shape index (κ2) is 3.95. The smallest absolute Gasteiger partial charge is 0.0337 e. The third-order valence-corrected chi connectivity index (χ3v) is 3.92. The van der Waals surface area contributed by atoms with Crippen molar-refractivity contribution in [3.05, 3.63) is 29.3 Å². The van der Waals surface area contributed by atoms with Crippen LogP contribution < -0.4 is 0 Å². The van der Waals surface area contributed by atoms with E-state index in [-0.39, 0.29) is 0 Å². The Morgan fingerprint density at radius 3 is 2.93 bits per heavy atom. The van der Waals surface area contributed by atoms with E-state index in [9.17, 15) is 0 Å². The molecule has 2 heteroatoms. The molecule has 0 amide bonds. The van der Waals surface area contributed by atoms with Crippen LogP contribution in [-0.4, -0.2) is 17.7 Å². The van der Waals surface area contributed by atoms with E-state index < -0.39 is 0 Å². The minimum atomic E-state index is 0.596. The molecule has 0 fully saturated rings. The monoisotopic (exact) mass is 207 g/mol. The first kappa shape index (κ1) is 10.1. The van der Waals surface area contributed by atoms with E-state index in [1.165, 1.54) is 10.5 Å². The van der Waals surface area contributed by atoms with Crippen LogP contribution in [0.25, 0.3) is 0 Å². The Balaban J connectivity index is 2.43. The number of hydrogen-bond acceptors (Lipinski definition) is 2. The Morgan fingerprint density at radius 2 is 2.29 bits per heavy atom. The van der Waals surface area contributed by atoms with Gasteiger partial charge in [0.25, 0.3) is 0 Å². The Labute approximate surface area is 90.5 Å². The van der Waals surface area contributed by atoms with Crippen molar-refractivity contribution in [2.45, 2.75) is 31.3 Å². The van der Waals surface area contributed by atoms with Gasteiger partial charge in [-0.2, -0.15) is 0 Å². The van der Waals surface area contributed by atoms with Crippen LogP contribution in [0.4, 0.5) is 0 Å². The van der Waals surface area contributed by atoms with Crippen LogP contribution in [0.5, 0.6) is 0 Å². The summed E-state index contributed by atoms with van der Waals surface area (Å²) in [5, 5.41) is 0. The predicted octanol–water partition coefficient (Wildman–Crippen LogP) is 3.31. The van der Waals surface area contributed by atoms with Crippen LogP contribution in [0.2, 0.25) is 0 Å². The van der Waals surface area contributed by atoms with Crippen molar-refractivity contribution in [3.63, 3.8) is 0 Å². The molecule has 1 aromatic carbocycles. The highest BCUT2D eigenvalue weighted by Gasteiger charge is 2.27. The fraction of sp³-hybridized carbons (Fsp3) is 0.500. The summed E-state index contributed by atoms with van der Waals surface area (Å²) in [6.07, 6.45) is 2.16. The molecule has 0 radical (unpaired) electrons. The molecular weight excluding hydrogens is 190 g/mol. The molecule has 1 nitrogen and oxygen atoms in total. The lowest BCUT2D eigenvalue weighted by atomic mass is 10.1. The fourth-order valence-electron chi connectivity index (χ4n) is 2.30. The lowest BCUT2D eigenvalue weighted by Crippen LogP contribution is -2.19. The molecule has 0 saturated carbocycles. The molecule has 0 spiro atoms. The molecule has 1 heterocycles. The zero-order valence-electron chi connectivity index (χ0n) is 9.08. The lowest BCUT2D eigenvalue weighted by molar-refractivity contribution is 0.241. The summed E-state index contributed by atoms with van der Waals surface area (Å²) in [5.41, 5.74) is 3.08. The van der Waals surface area contributed by atoms with Gasteiger partial charge in [-0.05, 0) is 36.9 Å². The molecule has 0 unspecified atom stereocenters. The van der Waals surface area contributed by atoms with Gasteiger partial charge >= 0.3 is 0 Å². The molecule has 0 aromatic heterocycles. The topological polar surface area (TPSA) is 3.24 Å². The lowest BCUT2D eigenvalue weighted by Gasteiger charge is -2.19. The molecule has 1 aromatic rings. The SMILES string of the molecule is CCN1Cc2cccc(SC)c2[C@H]1C. The average Bonchev–Trinajstić information content (AvgIpc) is 2.55. The van der Waals surface area contributed by atoms with Gasteiger partial charge in [0, 0.05) is 17.5 Å². The Kier molecular flexibility index (Phi) is 2.84. The highest BCUT2D eigenvalue weighted by molar-refractivity contribution is 7.98. The fourth-order valence-corrected chi connectivity index (χ4v) is 3.04. The zero-order chi connectivity index (χ0) is 10.1. The molecule has 1 atom stereocenters. The quantitative estimate of drug-likeness (QED) is 0.685. The Morgan fingerprint density at radius 1 is 1.50 bits per heavy atom. The van der Waals surface area contributed by atoms with Crippen molar-refractivity contribution in [1.82, 2.24) is 4.90 Å². The Bertz CT molecular complexity index is 335. The van der Waals surface area contributed by atoms with E-state index in [1.807, 2.05) is 11.8 Å². The second-order valence-electron chi connectivity index (χ2n) is 3.77. The summed E-state index contributed by atoms with van der Waals surface area (Å²) in [7, 11) is 0. The molecule has 14 heavy (non-hydrogen) atoms. The van der Waals surface area contributed by atoms with E-state index in [2.05, 4.69) is 43.2 Å². The molecule has 76 valence electrons. The number of hydrogen-bond donors (Lipinski definition) is 0. The summed E-state index contributed by atoms with van der Waals surface area (Å²) in [6, 6.07) is 7.27. The van der Waals surface area contributed by atoms with Crippen LogP contribution in [0, 0.1) is 0 Å². The molecular formula is C12H17NS. The second-order valence-corrected chi connectivity index (χ2v) is 4.62. The normalized spacial score (nSPS) is 21.2. The standard InChI is InChI=1S/C12H17NS/c1-4-13-8-10-6-5-7-11(14-3)12(10)9(13)2/h5-7,9H,4,8H2,1-3H3/t9-/m1/s1. The van der Waals surface area contributed by atoms with Crippen LogP contribution >= 0.6 is 11.8 Å². The minimum Gasteiger partial charge on any atom is -0.293 e. The zero-order valence-corrected chi connectivity index (χ0v) is 9.90. The van der Waals surface area contributed by atoms with Gasteiger partial charge in [-0.3, -0.25) is 4.90 Å². The van der Waals surface area contributed by atoms with Gasteiger partial charge in [-0.1, -0.05) is 19.1 Å². The highest BCUT2D eigenvalue weighted by atomic mass is 32.2. The van der Waals surface area contributed by atoms with Crippen LogP contribution in [0.3, 0.4) is 0 Å². The maximum Gasteiger partial charge on any atom is 0.0337 e. The molecule has 0 bridgehead atoms. The van der Waals surface area contributed by atoms with Gasteiger partial charge in [-0.25, -0.2) is 0 Å². The number of nitrogens with zero attached hydrogens (tertiary/aromatic N) is 1. The number of fused-ring (bicyclic) bond motifs is 1. The Hall–Kier alpha value is -0.470. The van der Waals surface area contributed by atoms with E-state index in [4.69, 9.17) is 0 Å². The number of thioether (sulfide) groups is 1. The summed E-state index contributed by atoms with van der Waals surface area (Å²) in [6.45, 7) is 6.82. The van der Waals surface area contributed by atoms with Gasteiger partial charge < -0.3 is 0 Å². The summed E-state index contributed by atoms with van der Waals surface area (Å²) < 4.78 is 0. The van der Waals surface area contributed by atoms with Crippen molar-refractivity contribution in [2.75, 3.05) is 12.8 Å². The molecule has 0 aliphatic carbocycles. The van der Waals surface area contributed by atoms with Crippen LogP contribution in [0.1, 0.15) is 31.0 Å². The number of rotatable bonds is 2. The van der Waals surface area contributed by atoms with Gasteiger partial charge in [0.05, 0.1) is 0 Å². The van der Waals surface area contributed by atoms with Crippen molar-refractivity contribution in [1.29, 1.82) is 0 Å². The first-order valence-electron chi connectivity index (χ1n) is 5.17. The summed E-state index contributed by atoms with van der Waals surface area (Å²) in [5.74, 6) is 0. The summed E-state index contributed by atoms with van der Waals surface area (Å²) >= 11 is 1.86.